The average molecular weight is 428 g/mol. The first-order valence-electron chi connectivity index (χ1n) is 6.71. The van der Waals surface area contributed by atoms with E-state index in [0.717, 1.165) is 10.0 Å². The molecule has 0 bridgehead atoms. The number of urea groups is 1. The minimum Gasteiger partial charge on any atom is -0.351 e. The molecule has 23 heavy (non-hydrogen) atoms. The van der Waals surface area contributed by atoms with E-state index in [1.807, 2.05) is 24.3 Å². The first kappa shape index (κ1) is 22.0. The lowest BCUT2D eigenvalue weighted by Crippen LogP contribution is -2.52. The van der Waals surface area contributed by atoms with Crippen molar-refractivity contribution in [3.05, 3.63) is 34.3 Å². The fraction of sp³-hybridized carbons (Fsp3) is 0.429. The van der Waals surface area contributed by atoms with E-state index >= 15 is 0 Å². The van der Waals surface area contributed by atoms with E-state index in [2.05, 4.69) is 21.2 Å². The molecule has 0 aromatic heterocycles. The lowest BCUT2D eigenvalue weighted by molar-refractivity contribution is -0.126. The first-order chi connectivity index (χ1) is 9.80. The summed E-state index contributed by atoms with van der Waals surface area (Å²) in [7, 11) is 0. The standard InChI is InChI=1S/C14H19BrN4O2.2ClH/c1-14(17,9-2-4-10(15)5-3-9)12(20)18-11-6-7-19(8-11)13(16)21;;/h2-5,11H,6-8,17H2,1H3,(H2,16,21)(H,18,20);2*1H. The lowest BCUT2D eigenvalue weighted by atomic mass is 9.92. The molecule has 1 aliphatic heterocycles. The molecule has 1 heterocycles. The molecule has 0 saturated carbocycles. The number of primary amides is 1. The number of benzene rings is 1. The van der Waals surface area contributed by atoms with Gasteiger partial charge in [0.2, 0.25) is 5.91 Å². The smallest absolute Gasteiger partial charge is 0.314 e. The number of hydrogen-bond donors (Lipinski definition) is 3. The topological polar surface area (TPSA) is 101 Å². The Labute approximate surface area is 156 Å². The Kier molecular flexibility index (Phi) is 8.34. The Hall–Kier alpha value is -1.02. The summed E-state index contributed by atoms with van der Waals surface area (Å²) in [4.78, 5) is 25.0. The van der Waals surface area contributed by atoms with Crippen LogP contribution in [-0.4, -0.2) is 36.0 Å². The molecular weight excluding hydrogens is 407 g/mol. The Morgan fingerprint density at radius 3 is 2.35 bits per heavy atom. The van der Waals surface area contributed by atoms with Crippen molar-refractivity contribution in [2.75, 3.05) is 13.1 Å². The summed E-state index contributed by atoms with van der Waals surface area (Å²) in [5.41, 5.74) is 11.0. The van der Waals surface area contributed by atoms with Gasteiger partial charge in [0, 0.05) is 23.6 Å². The van der Waals surface area contributed by atoms with Crippen LogP contribution in [0.15, 0.2) is 28.7 Å². The van der Waals surface area contributed by atoms with E-state index in [9.17, 15) is 9.59 Å². The van der Waals surface area contributed by atoms with Crippen LogP contribution in [0, 0.1) is 0 Å². The van der Waals surface area contributed by atoms with Crippen molar-refractivity contribution in [2.24, 2.45) is 11.5 Å². The van der Waals surface area contributed by atoms with Crippen LogP contribution in [0.3, 0.4) is 0 Å². The lowest BCUT2D eigenvalue weighted by Gasteiger charge is -2.26. The molecule has 0 radical (unpaired) electrons. The third-order valence-corrected chi connectivity index (χ3v) is 4.28. The van der Waals surface area contributed by atoms with Crippen LogP contribution in [0.4, 0.5) is 4.79 Å². The van der Waals surface area contributed by atoms with Crippen LogP contribution in [0.1, 0.15) is 18.9 Å². The molecule has 3 amide bonds. The van der Waals surface area contributed by atoms with E-state index < -0.39 is 11.6 Å². The second kappa shape index (κ2) is 8.73. The number of likely N-dealkylation sites (tertiary alicyclic amines) is 1. The minimum absolute atomic E-state index is 0. The number of carbonyl (C=O) groups excluding carboxylic acids is 2. The van der Waals surface area contributed by atoms with Crippen molar-refractivity contribution in [3.8, 4) is 0 Å². The Bertz CT molecular complexity index is 554. The summed E-state index contributed by atoms with van der Waals surface area (Å²) in [6.07, 6.45) is 0.686. The number of amides is 3. The maximum absolute atomic E-state index is 12.4. The number of carbonyl (C=O) groups is 2. The largest absolute Gasteiger partial charge is 0.351 e. The summed E-state index contributed by atoms with van der Waals surface area (Å²) in [5.74, 6) is -0.263. The first-order valence-corrected chi connectivity index (χ1v) is 7.50. The van der Waals surface area contributed by atoms with Crippen molar-refractivity contribution < 1.29 is 9.59 Å². The van der Waals surface area contributed by atoms with Gasteiger partial charge in [-0.3, -0.25) is 4.79 Å². The number of halogens is 3. The van der Waals surface area contributed by atoms with Crippen LogP contribution in [0.2, 0.25) is 0 Å². The fourth-order valence-corrected chi connectivity index (χ4v) is 2.61. The fourth-order valence-electron chi connectivity index (χ4n) is 2.34. The molecule has 2 rings (SSSR count). The summed E-state index contributed by atoms with van der Waals surface area (Å²) >= 11 is 3.35. The molecule has 2 unspecified atom stereocenters. The van der Waals surface area contributed by atoms with Crippen LogP contribution < -0.4 is 16.8 Å². The Morgan fingerprint density at radius 2 is 1.87 bits per heavy atom. The molecule has 0 aliphatic carbocycles. The van der Waals surface area contributed by atoms with E-state index in [-0.39, 0.29) is 36.8 Å². The SMILES string of the molecule is CC(N)(C(=O)NC1CCN(C(N)=O)C1)c1ccc(Br)cc1.Cl.Cl. The minimum atomic E-state index is -1.12. The molecular formula is C14H21BrCl2N4O2. The summed E-state index contributed by atoms with van der Waals surface area (Å²) in [6.45, 7) is 2.66. The molecule has 2 atom stereocenters. The van der Waals surface area contributed by atoms with Gasteiger partial charge in [-0.2, -0.15) is 0 Å². The zero-order valence-corrected chi connectivity index (χ0v) is 15.8. The van der Waals surface area contributed by atoms with Gasteiger partial charge in [-0.15, -0.1) is 24.8 Å². The highest BCUT2D eigenvalue weighted by Gasteiger charge is 2.34. The highest BCUT2D eigenvalue weighted by atomic mass is 79.9. The number of nitrogens with one attached hydrogen (secondary N) is 1. The van der Waals surface area contributed by atoms with E-state index in [0.29, 0.717) is 19.5 Å². The molecule has 1 saturated heterocycles. The van der Waals surface area contributed by atoms with Gasteiger partial charge in [-0.1, -0.05) is 28.1 Å². The van der Waals surface area contributed by atoms with Crippen LogP contribution >= 0.6 is 40.7 Å². The molecule has 1 aliphatic rings. The van der Waals surface area contributed by atoms with E-state index in [1.54, 1.807) is 6.92 Å². The summed E-state index contributed by atoms with van der Waals surface area (Å²) < 4.78 is 0.926. The third kappa shape index (κ3) is 5.24. The zero-order chi connectivity index (χ0) is 15.6. The monoisotopic (exact) mass is 426 g/mol. The molecule has 9 heteroatoms. The quantitative estimate of drug-likeness (QED) is 0.684. The average Bonchev–Trinajstić information content (AvgIpc) is 2.88. The third-order valence-electron chi connectivity index (χ3n) is 3.75. The maximum Gasteiger partial charge on any atom is 0.314 e. The predicted molar refractivity (Wildman–Crippen MR) is 97.9 cm³/mol. The van der Waals surface area contributed by atoms with E-state index in [4.69, 9.17) is 11.5 Å². The Balaban J connectivity index is 0.00000242. The van der Waals surface area contributed by atoms with Gasteiger partial charge in [0.05, 0.1) is 0 Å². The van der Waals surface area contributed by atoms with Crippen molar-refractivity contribution in [2.45, 2.75) is 24.9 Å². The van der Waals surface area contributed by atoms with Crippen LogP contribution in [-0.2, 0) is 10.3 Å². The van der Waals surface area contributed by atoms with E-state index in [1.165, 1.54) is 4.90 Å². The maximum atomic E-state index is 12.4. The number of nitrogens with two attached hydrogens (primary N) is 2. The number of rotatable bonds is 3. The molecule has 1 aromatic rings. The highest BCUT2D eigenvalue weighted by Crippen LogP contribution is 2.21. The molecule has 130 valence electrons. The Morgan fingerprint density at radius 1 is 1.30 bits per heavy atom. The van der Waals surface area contributed by atoms with Crippen LogP contribution in [0.5, 0.6) is 0 Å². The molecule has 1 fully saturated rings. The summed E-state index contributed by atoms with van der Waals surface area (Å²) in [6, 6.07) is 6.75. The van der Waals surface area contributed by atoms with Crippen LogP contribution in [0.25, 0.3) is 0 Å². The van der Waals surface area contributed by atoms with Gasteiger partial charge in [-0.25, -0.2) is 4.79 Å². The molecule has 0 spiro atoms. The second-order valence-corrected chi connectivity index (χ2v) is 6.37. The summed E-state index contributed by atoms with van der Waals surface area (Å²) in [5, 5.41) is 2.89. The van der Waals surface area contributed by atoms with Crippen molar-refractivity contribution >= 4 is 52.7 Å². The van der Waals surface area contributed by atoms with Crippen molar-refractivity contribution in [3.63, 3.8) is 0 Å². The van der Waals surface area contributed by atoms with Gasteiger partial charge >= 0.3 is 6.03 Å². The van der Waals surface area contributed by atoms with Gasteiger partial charge in [0.15, 0.2) is 0 Å². The molecule has 6 nitrogen and oxygen atoms in total. The van der Waals surface area contributed by atoms with Gasteiger partial charge < -0.3 is 21.7 Å². The molecule has 5 N–H and O–H groups in total. The molecule has 1 aromatic carbocycles. The normalized spacial score (nSPS) is 19.1. The van der Waals surface area contributed by atoms with Gasteiger partial charge in [0.25, 0.3) is 0 Å². The van der Waals surface area contributed by atoms with Crippen molar-refractivity contribution in [1.82, 2.24) is 10.2 Å². The van der Waals surface area contributed by atoms with Gasteiger partial charge in [0.1, 0.15) is 5.54 Å². The zero-order valence-electron chi connectivity index (χ0n) is 12.6. The second-order valence-electron chi connectivity index (χ2n) is 5.45. The predicted octanol–water partition coefficient (Wildman–Crippen LogP) is 1.74. The highest BCUT2D eigenvalue weighted by molar-refractivity contribution is 9.10. The number of nitrogens with zero attached hydrogens (tertiary/aromatic N) is 1. The van der Waals surface area contributed by atoms with Crippen molar-refractivity contribution in [1.29, 1.82) is 0 Å². The van der Waals surface area contributed by atoms with Gasteiger partial charge in [-0.05, 0) is 31.0 Å². The number of hydrogen-bond acceptors (Lipinski definition) is 3.